The number of carbonyl (C=O) groups is 1. The first-order valence-electron chi connectivity index (χ1n) is 12.3. The van der Waals surface area contributed by atoms with Crippen LogP contribution in [0.25, 0.3) is 0 Å². The number of benzene rings is 2. The minimum atomic E-state index is -0.373. The molecule has 0 saturated carbocycles. The summed E-state index contributed by atoms with van der Waals surface area (Å²) in [4.78, 5) is 20.0. The quantitative estimate of drug-likeness (QED) is 0.670. The van der Waals surface area contributed by atoms with E-state index >= 15 is 0 Å². The van der Waals surface area contributed by atoms with Crippen molar-refractivity contribution in [3.63, 3.8) is 0 Å². The number of nitrogens with two attached hydrogens (primary N) is 1. The molecule has 0 aliphatic carbocycles. The molecule has 0 spiro atoms. The van der Waals surface area contributed by atoms with Gasteiger partial charge in [-0.2, -0.15) is 0 Å². The maximum Gasteiger partial charge on any atom is 0.239 e. The average molecular weight is 451 g/mol. The number of carbonyl (C=O) groups excluding carboxylic acids is 1. The third-order valence-corrected chi connectivity index (χ3v) is 7.26. The largest absolute Gasteiger partial charge is 0.496 e. The summed E-state index contributed by atoms with van der Waals surface area (Å²) in [5.74, 6) is 1.35. The number of piperazine rings is 1. The van der Waals surface area contributed by atoms with Crippen LogP contribution < -0.4 is 10.5 Å². The van der Waals surface area contributed by atoms with Crippen LogP contribution >= 0.6 is 0 Å². The number of methoxy groups -OCH3 is 1. The second kappa shape index (κ2) is 11.6. The zero-order valence-corrected chi connectivity index (χ0v) is 19.9. The van der Waals surface area contributed by atoms with Crippen LogP contribution in [0.5, 0.6) is 5.75 Å². The summed E-state index contributed by atoms with van der Waals surface area (Å²) < 4.78 is 5.48. The van der Waals surface area contributed by atoms with Crippen molar-refractivity contribution in [1.82, 2.24) is 14.7 Å². The number of piperidine rings is 1. The topological polar surface area (TPSA) is 62.0 Å². The molecule has 1 unspecified atom stereocenters. The molecule has 2 aliphatic rings. The average Bonchev–Trinajstić information content (AvgIpc) is 2.88. The molecule has 2 saturated heterocycles. The Morgan fingerprint density at radius 1 is 0.939 bits per heavy atom. The van der Waals surface area contributed by atoms with Crippen LogP contribution in [0.3, 0.4) is 0 Å². The molecule has 2 aromatic carbocycles. The van der Waals surface area contributed by atoms with Gasteiger partial charge < -0.3 is 20.3 Å². The number of ether oxygens (including phenoxy) is 1. The van der Waals surface area contributed by atoms with Gasteiger partial charge in [0.05, 0.1) is 13.2 Å². The van der Waals surface area contributed by atoms with Gasteiger partial charge in [0.1, 0.15) is 5.75 Å². The molecular formula is C27H38N4O2. The van der Waals surface area contributed by atoms with Crippen LogP contribution in [0.1, 0.15) is 24.0 Å². The number of nitrogens with zero attached hydrogens (tertiary/aromatic N) is 3. The van der Waals surface area contributed by atoms with Gasteiger partial charge in [0.2, 0.25) is 5.91 Å². The molecule has 2 fully saturated rings. The van der Waals surface area contributed by atoms with Gasteiger partial charge in [0, 0.05) is 44.8 Å². The highest BCUT2D eigenvalue weighted by atomic mass is 16.5. The third-order valence-electron chi connectivity index (χ3n) is 7.26. The molecule has 2 N–H and O–H groups in total. The number of amides is 1. The molecule has 0 bridgehead atoms. The van der Waals surface area contributed by atoms with Crippen LogP contribution in [0.2, 0.25) is 0 Å². The zero-order valence-electron chi connectivity index (χ0n) is 19.9. The van der Waals surface area contributed by atoms with E-state index in [9.17, 15) is 4.79 Å². The van der Waals surface area contributed by atoms with Gasteiger partial charge >= 0.3 is 0 Å². The lowest BCUT2D eigenvalue weighted by Crippen LogP contribution is -2.55. The predicted molar refractivity (Wildman–Crippen MR) is 132 cm³/mol. The lowest BCUT2D eigenvalue weighted by atomic mass is 9.88. The first-order chi connectivity index (χ1) is 16.1. The molecule has 2 heterocycles. The summed E-state index contributed by atoms with van der Waals surface area (Å²) in [5.41, 5.74) is 9.07. The van der Waals surface area contributed by atoms with Crippen LogP contribution in [0.15, 0.2) is 54.6 Å². The Bertz CT molecular complexity index is 875. The smallest absolute Gasteiger partial charge is 0.239 e. The Hall–Kier alpha value is -2.41. The van der Waals surface area contributed by atoms with Gasteiger partial charge in [-0.1, -0.05) is 48.5 Å². The maximum absolute atomic E-state index is 13.1. The van der Waals surface area contributed by atoms with Crippen molar-refractivity contribution >= 4 is 5.91 Å². The molecule has 1 atom stereocenters. The van der Waals surface area contributed by atoms with E-state index in [0.29, 0.717) is 0 Å². The lowest BCUT2D eigenvalue weighted by Gasteiger charge is -2.39. The first-order valence-corrected chi connectivity index (χ1v) is 12.3. The predicted octanol–water partition coefficient (Wildman–Crippen LogP) is 2.62. The van der Waals surface area contributed by atoms with Crippen LogP contribution in [-0.4, -0.2) is 79.6 Å². The Morgan fingerprint density at radius 3 is 2.30 bits per heavy atom. The van der Waals surface area contributed by atoms with Gasteiger partial charge in [0.25, 0.3) is 0 Å². The number of para-hydroxylation sites is 1. The molecule has 178 valence electrons. The summed E-state index contributed by atoms with van der Waals surface area (Å²) >= 11 is 0. The summed E-state index contributed by atoms with van der Waals surface area (Å²) in [6.07, 6.45) is 3.10. The van der Waals surface area contributed by atoms with Crippen molar-refractivity contribution in [3.05, 3.63) is 65.7 Å². The summed E-state index contributed by atoms with van der Waals surface area (Å²) in [5, 5.41) is 0. The van der Waals surface area contributed by atoms with E-state index in [1.807, 2.05) is 23.1 Å². The first kappa shape index (κ1) is 23.7. The minimum Gasteiger partial charge on any atom is -0.496 e. The number of hydrogen-bond acceptors (Lipinski definition) is 5. The van der Waals surface area contributed by atoms with Crippen molar-refractivity contribution in [1.29, 1.82) is 0 Å². The van der Waals surface area contributed by atoms with Crippen LogP contribution in [0.4, 0.5) is 0 Å². The van der Waals surface area contributed by atoms with Crippen LogP contribution in [-0.2, 0) is 17.8 Å². The monoisotopic (exact) mass is 450 g/mol. The molecule has 0 aromatic heterocycles. The molecule has 2 aromatic rings. The van der Waals surface area contributed by atoms with Crippen molar-refractivity contribution in [3.8, 4) is 5.75 Å². The molecule has 6 heteroatoms. The Morgan fingerprint density at radius 2 is 1.61 bits per heavy atom. The van der Waals surface area contributed by atoms with Crippen molar-refractivity contribution in [2.45, 2.75) is 31.8 Å². The number of hydrogen-bond donors (Lipinski definition) is 1. The highest BCUT2D eigenvalue weighted by Gasteiger charge is 2.32. The van der Waals surface area contributed by atoms with E-state index in [1.165, 1.54) is 11.1 Å². The summed E-state index contributed by atoms with van der Waals surface area (Å²) in [7, 11) is 1.71. The van der Waals surface area contributed by atoms with Gasteiger partial charge in [-0.15, -0.1) is 0 Å². The van der Waals surface area contributed by atoms with E-state index in [-0.39, 0.29) is 17.9 Å². The van der Waals surface area contributed by atoms with Crippen molar-refractivity contribution in [2.24, 2.45) is 11.7 Å². The van der Waals surface area contributed by atoms with E-state index in [2.05, 4.69) is 46.2 Å². The fourth-order valence-corrected chi connectivity index (χ4v) is 5.08. The Kier molecular flexibility index (Phi) is 8.37. The molecule has 6 nitrogen and oxygen atoms in total. The van der Waals surface area contributed by atoms with Crippen molar-refractivity contribution in [2.75, 3.05) is 52.9 Å². The van der Waals surface area contributed by atoms with Gasteiger partial charge in [0.15, 0.2) is 0 Å². The molecular weight excluding hydrogens is 412 g/mol. The maximum atomic E-state index is 13.1. The fourth-order valence-electron chi connectivity index (χ4n) is 5.08. The second-order valence-corrected chi connectivity index (χ2v) is 9.35. The highest BCUT2D eigenvalue weighted by molar-refractivity contribution is 5.82. The van der Waals surface area contributed by atoms with Crippen molar-refractivity contribution < 1.29 is 9.53 Å². The molecule has 4 rings (SSSR count). The number of rotatable bonds is 8. The number of likely N-dealkylation sites (tertiary alicyclic amines) is 1. The van der Waals surface area contributed by atoms with Gasteiger partial charge in [-0.05, 0) is 49.9 Å². The Balaban J connectivity index is 1.19. The Labute approximate surface area is 198 Å². The summed E-state index contributed by atoms with van der Waals surface area (Å²) in [6.45, 7) is 7.22. The van der Waals surface area contributed by atoms with Gasteiger partial charge in [-0.3, -0.25) is 9.69 Å². The fraction of sp³-hybridized carbons (Fsp3) is 0.519. The zero-order chi connectivity index (χ0) is 23.0. The molecule has 1 amide bonds. The van der Waals surface area contributed by atoms with E-state index in [0.717, 1.165) is 77.4 Å². The minimum absolute atomic E-state index is 0.134. The SMILES string of the molecule is COc1ccccc1CN1CCN(C(=O)C(N)C2CCN(CCc3ccccc3)CC2)CC1. The van der Waals surface area contributed by atoms with E-state index in [4.69, 9.17) is 10.5 Å². The highest BCUT2D eigenvalue weighted by Crippen LogP contribution is 2.23. The lowest BCUT2D eigenvalue weighted by molar-refractivity contribution is -0.136. The van der Waals surface area contributed by atoms with E-state index < -0.39 is 0 Å². The molecule has 0 radical (unpaired) electrons. The van der Waals surface area contributed by atoms with Gasteiger partial charge in [-0.25, -0.2) is 0 Å². The van der Waals surface area contributed by atoms with E-state index in [1.54, 1.807) is 7.11 Å². The third kappa shape index (κ3) is 6.34. The summed E-state index contributed by atoms with van der Waals surface area (Å²) in [6, 6.07) is 18.4. The van der Waals surface area contributed by atoms with Crippen LogP contribution in [0, 0.1) is 5.92 Å². The normalized spacial score (nSPS) is 19.4. The molecule has 33 heavy (non-hydrogen) atoms. The standard InChI is InChI=1S/C27H38N4O2/c1-33-25-10-6-5-9-24(25)21-30-17-19-31(20-18-30)27(32)26(28)23-12-15-29(16-13-23)14-11-22-7-3-2-4-8-22/h2-10,23,26H,11-21,28H2,1H3. The second-order valence-electron chi connectivity index (χ2n) is 9.35. The molecule has 2 aliphatic heterocycles.